The summed E-state index contributed by atoms with van der Waals surface area (Å²) < 4.78 is 0. The number of aromatic nitrogens is 2. The Balaban J connectivity index is 0.000000261. The average molecular weight is 175 g/mol. The first-order valence-corrected chi connectivity index (χ1v) is 2.59. The molecule has 0 saturated heterocycles. The molecule has 0 aromatic carbocycles. The lowest BCUT2D eigenvalue weighted by Crippen LogP contribution is -1.94. The number of imidazole rings is 1. The largest absolute Gasteiger partial charge is 0.477 e. The van der Waals surface area contributed by atoms with Crippen molar-refractivity contribution in [1.29, 1.82) is 0 Å². The minimum atomic E-state index is -1.50. The molecule has 0 aliphatic heterocycles. The van der Waals surface area contributed by atoms with Crippen LogP contribution in [-0.2, 0) is 0 Å². The third kappa shape index (κ3) is 4.73. The zero-order valence-corrected chi connectivity index (χ0v) is 5.67. The van der Waals surface area contributed by atoms with Crippen molar-refractivity contribution in [2.45, 2.75) is 0 Å². The number of aromatic amines is 1. The smallest absolute Gasteiger partial charge is 0.353 e. The molecule has 1 aromatic rings. The van der Waals surface area contributed by atoms with Gasteiger partial charge in [0.25, 0.3) is 5.09 Å². The van der Waals surface area contributed by atoms with Crippen LogP contribution in [0.25, 0.3) is 0 Å². The van der Waals surface area contributed by atoms with Crippen LogP contribution in [0.5, 0.6) is 0 Å². The number of nitrogens with one attached hydrogen (secondary N) is 1. The summed E-state index contributed by atoms with van der Waals surface area (Å²) in [5.74, 6) is -0.984. The fourth-order valence-corrected chi connectivity index (χ4v) is 0.373. The fourth-order valence-electron chi connectivity index (χ4n) is 0.373. The van der Waals surface area contributed by atoms with Crippen LogP contribution in [0.3, 0.4) is 0 Å². The molecule has 0 spiro atoms. The van der Waals surface area contributed by atoms with E-state index in [9.17, 15) is 4.79 Å². The highest BCUT2D eigenvalue weighted by molar-refractivity contribution is 5.84. The van der Waals surface area contributed by atoms with Crippen LogP contribution in [0.2, 0.25) is 0 Å². The van der Waals surface area contributed by atoms with Gasteiger partial charge in [0, 0.05) is 0 Å². The second-order valence-corrected chi connectivity index (χ2v) is 1.51. The van der Waals surface area contributed by atoms with Crippen LogP contribution in [0.4, 0.5) is 0 Å². The number of aromatic carboxylic acids is 1. The van der Waals surface area contributed by atoms with Gasteiger partial charge in [-0.2, -0.15) is 0 Å². The number of carboxylic acids is 1. The van der Waals surface area contributed by atoms with E-state index in [1.54, 1.807) is 0 Å². The van der Waals surface area contributed by atoms with E-state index in [4.69, 9.17) is 20.4 Å². The lowest BCUT2D eigenvalue weighted by Gasteiger charge is -1.79. The molecule has 0 aliphatic carbocycles. The molecule has 0 atom stereocenters. The normalized spacial score (nSPS) is 8.00. The number of carboxylic acid groups (broad SMARTS) is 1. The summed E-state index contributed by atoms with van der Waals surface area (Å²) >= 11 is 0. The van der Waals surface area contributed by atoms with E-state index in [2.05, 4.69) is 9.97 Å². The zero-order chi connectivity index (χ0) is 9.56. The van der Waals surface area contributed by atoms with E-state index in [0.29, 0.717) is 0 Å². The molecule has 0 fully saturated rings. The predicted octanol–water partition coefficient (Wildman–Crippen LogP) is -0.240. The first kappa shape index (κ1) is 9.88. The van der Waals surface area contributed by atoms with Gasteiger partial charge in [-0.1, -0.05) is 0 Å². The number of H-pyrrole nitrogens is 1. The molecule has 0 amide bonds. The molecule has 0 bridgehead atoms. The van der Waals surface area contributed by atoms with E-state index in [0.717, 1.165) is 0 Å². The quantitative estimate of drug-likeness (QED) is 0.399. The van der Waals surface area contributed by atoms with Crippen molar-refractivity contribution in [2.75, 3.05) is 0 Å². The van der Waals surface area contributed by atoms with Gasteiger partial charge in [0.15, 0.2) is 0 Å². The summed E-state index contributed by atoms with van der Waals surface area (Å²) in [5.41, 5.74) is 0.116. The molecule has 1 heterocycles. The third-order valence-electron chi connectivity index (χ3n) is 0.729. The highest BCUT2D eigenvalue weighted by Gasteiger charge is 1.99. The minimum Gasteiger partial charge on any atom is -0.477 e. The maximum Gasteiger partial charge on any atom is 0.353 e. The van der Waals surface area contributed by atoms with E-state index >= 15 is 0 Å². The Morgan fingerprint density at radius 3 is 2.42 bits per heavy atom. The molecule has 66 valence electrons. The maximum absolute atomic E-state index is 9.99. The van der Waals surface area contributed by atoms with E-state index in [-0.39, 0.29) is 5.69 Å². The average Bonchev–Trinajstić information content (AvgIpc) is 2.34. The first-order chi connectivity index (χ1) is 5.54. The highest BCUT2D eigenvalue weighted by Crippen LogP contribution is 1.87. The van der Waals surface area contributed by atoms with Crippen molar-refractivity contribution in [3.8, 4) is 0 Å². The van der Waals surface area contributed by atoms with Crippen LogP contribution in [0.1, 0.15) is 10.5 Å². The van der Waals surface area contributed by atoms with Crippen LogP contribution in [-0.4, -0.2) is 31.3 Å². The number of hydrogen-bond acceptors (Lipinski definition) is 4. The molecule has 1 rings (SSSR count). The third-order valence-corrected chi connectivity index (χ3v) is 0.729. The van der Waals surface area contributed by atoms with Crippen LogP contribution in [0.15, 0.2) is 12.5 Å². The molecule has 0 radical (unpaired) electrons. The second-order valence-electron chi connectivity index (χ2n) is 1.51. The van der Waals surface area contributed by atoms with Gasteiger partial charge in [0.2, 0.25) is 0 Å². The monoisotopic (exact) mass is 175 g/mol. The fraction of sp³-hybridized carbons (Fsp3) is 0. The Kier molecular flexibility index (Phi) is 3.84. The molecule has 0 aliphatic rings. The Labute approximate surface area is 65.6 Å². The Morgan fingerprint density at radius 2 is 2.25 bits per heavy atom. The molecular formula is C4H5N3O5. The summed E-state index contributed by atoms with van der Waals surface area (Å²) in [5, 5.41) is 21.8. The summed E-state index contributed by atoms with van der Waals surface area (Å²) in [7, 11) is 0. The minimum absolute atomic E-state index is 0.116. The Hall–Kier alpha value is -2.12. The molecule has 3 N–H and O–H groups in total. The van der Waals surface area contributed by atoms with Gasteiger partial charge >= 0.3 is 5.97 Å². The molecule has 1 aromatic heterocycles. The zero-order valence-electron chi connectivity index (χ0n) is 5.67. The van der Waals surface area contributed by atoms with E-state index in [1.165, 1.54) is 12.5 Å². The lowest BCUT2D eigenvalue weighted by atomic mass is 10.5. The Bertz CT molecular complexity index is 252. The summed E-state index contributed by atoms with van der Waals surface area (Å²) in [6, 6.07) is 0. The van der Waals surface area contributed by atoms with E-state index in [1.807, 2.05) is 0 Å². The van der Waals surface area contributed by atoms with Crippen molar-refractivity contribution < 1.29 is 20.2 Å². The Morgan fingerprint density at radius 1 is 1.75 bits per heavy atom. The standard InChI is InChI=1S/C4H4N2O2.HNO3/c7-4(8)3-1-5-2-6-3;2-1(3)4/h1-2H,(H,5,6)(H,7,8);(H,2,3,4). The van der Waals surface area contributed by atoms with Gasteiger partial charge in [-0.15, -0.1) is 10.1 Å². The summed E-state index contributed by atoms with van der Waals surface area (Å²) in [4.78, 5) is 24.3. The van der Waals surface area contributed by atoms with Gasteiger partial charge in [-0.3, -0.25) is 0 Å². The van der Waals surface area contributed by atoms with Gasteiger partial charge in [0.05, 0.1) is 12.5 Å². The van der Waals surface area contributed by atoms with Gasteiger partial charge in [-0.25, -0.2) is 9.78 Å². The van der Waals surface area contributed by atoms with Crippen molar-refractivity contribution >= 4 is 5.97 Å². The number of hydrogen-bond donors (Lipinski definition) is 3. The topological polar surface area (TPSA) is 129 Å². The van der Waals surface area contributed by atoms with Crippen molar-refractivity contribution in [1.82, 2.24) is 9.97 Å². The number of rotatable bonds is 1. The predicted molar refractivity (Wildman–Crippen MR) is 34.3 cm³/mol. The SMILES string of the molecule is O=C(O)c1cnc[nH]1.O=[N+]([O-])O. The molecule has 8 heteroatoms. The van der Waals surface area contributed by atoms with Crippen LogP contribution < -0.4 is 0 Å². The van der Waals surface area contributed by atoms with Gasteiger partial charge in [0.1, 0.15) is 5.69 Å². The highest BCUT2D eigenvalue weighted by atomic mass is 16.9. The van der Waals surface area contributed by atoms with Gasteiger partial charge in [-0.05, 0) is 0 Å². The molecule has 12 heavy (non-hydrogen) atoms. The summed E-state index contributed by atoms with van der Waals surface area (Å²) in [6.45, 7) is 0. The van der Waals surface area contributed by atoms with Crippen molar-refractivity contribution in [3.63, 3.8) is 0 Å². The number of nitrogens with zero attached hydrogens (tertiary/aromatic N) is 2. The molecule has 0 saturated carbocycles. The molecular weight excluding hydrogens is 170 g/mol. The lowest BCUT2D eigenvalue weighted by molar-refractivity contribution is -0.742. The maximum atomic E-state index is 9.99. The first-order valence-electron chi connectivity index (χ1n) is 2.59. The summed E-state index contributed by atoms with van der Waals surface area (Å²) in [6.07, 6.45) is 2.58. The molecule has 0 unspecified atom stereocenters. The molecule has 8 nitrogen and oxygen atoms in total. The van der Waals surface area contributed by atoms with Crippen LogP contribution in [0, 0.1) is 10.1 Å². The van der Waals surface area contributed by atoms with Gasteiger partial charge < -0.3 is 15.3 Å². The number of carbonyl (C=O) groups is 1. The van der Waals surface area contributed by atoms with Crippen molar-refractivity contribution in [3.05, 3.63) is 28.3 Å². The van der Waals surface area contributed by atoms with Crippen LogP contribution >= 0.6 is 0 Å². The van der Waals surface area contributed by atoms with Crippen molar-refractivity contribution in [2.24, 2.45) is 0 Å². The van der Waals surface area contributed by atoms with E-state index < -0.39 is 11.1 Å². The second kappa shape index (κ2) is 4.66.